The van der Waals surface area contributed by atoms with Crippen LogP contribution in [0.3, 0.4) is 0 Å². The van der Waals surface area contributed by atoms with Gasteiger partial charge in [0.25, 0.3) is 0 Å². The predicted molar refractivity (Wildman–Crippen MR) is 126 cm³/mol. The minimum absolute atomic E-state index is 0.456. The minimum Gasteiger partial charge on any atom is -0.497 e. The molecule has 0 bridgehead atoms. The first-order chi connectivity index (χ1) is 15.6. The van der Waals surface area contributed by atoms with Gasteiger partial charge in [-0.25, -0.2) is 4.99 Å². The summed E-state index contributed by atoms with van der Waals surface area (Å²) in [6.45, 7) is 3.91. The first kappa shape index (κ1) is 23.1. The first-order valence-electron chi connectivity index (χ1n) is 10.7. The Morgan fingerprint density at radius 3 is 1.75 bits per heavy atom. The average Bonchev–Trinajstić information content (AvgIpc) is 3.15. The van der Waals surface area contributed by atoms with E-state index in [0.717, 1.165) is 55.0 Å². The van der Waals surface area contributed by atoms with E-state index in [1.54, 1.807) is 14.2 Å². The highest BCUT2D eigenvalue weighted by molar-refractivity contribution is 5.79. The molecule has 32 heavy (non-hydrogen) atoms. The largest absolute Gasteiger partial charge is 0.497 e. The van der Waals surface area contributed by atoms with Gasteiger partial charge in [0.05, 0.1) is 14.2 Å². The molecule has 0 unspecified atom stereocenters. The molecule has 0 aliphatic rings. The van der Waals surface area contributed by atoms with Crippen LogP contribution in [0.1, 0.15) is 22.8 Å². The number of aliphatic imine (C=N–C) groups is 1. The van der Waals surface area contributed by atoms with E-state index in [1.165, 1.54) is 11.1 Å². The highest BCUT2D eigenvalue weighted by atomic mass is 16.5. The second-order valence-electron chi connectivity index (χ2n) is 7.44. The van der Waals surface area contributed by atoms with Crippen LogP contribution in [-0.4, -0.2) is 48.0 Å². The van der Waals surface area contributed by atoms with E-state index in [0.29, 0.717) is 6.54 Å². The molecule has 8 heteroatoms. The van der Waals surface area contributed by atoms with Gasteiger partial charge in [0.2, 0.25) is 0 Å². The molecule has 3 rings (SSSR count). The minimum atomic E-state index is 0.456. The van der Waals surface area contributed by atoms with Crippen molar-refractivity contribution in [3.8, 4) is 11.5 Å². The Morgan fingerprint density at radius 2 is 1.34 bits per heavy atom. The van der Waals surface area contributed by atoms with Gasteiger partial charge in [-0.15, -0.1) is 10.2 Å². The van der Waals surface area contributed by atoms with Gasteiger partial charge < -0.3 is 24.7 Å². The lowest BCUT2D eigenvalue weighted by Gasteiger charge is -2.13. The Bertz CT molecular complexity index is 941. The van der Waals surface area contributed by atoms with E-state index >= 15 is 0 Å². The molecule has 0 aliphatic carbocycles. The maximum Gasteiger partial charge on any atom is 0.191 e. The molecule has 0 spiro atoms. The Labute approximate surface area is 189 Å². The number of nitrogens with one attached hydrogen (secondary N) is 2. The summed E-state index contributed by atoms with van der Waals surface area (Å²) in [5.74, 6) is 4.18. The van der Waals surface area contributed by atoms with Gasteiger partial charge in [0, 0.05) is 20.1 Å². The summed E-state index contributed by atoms with van der Waals surface area (Å²) in [5.41, 5.74) is 2.47. The normalized spacial score (nSPS) is 10.5. The molecule has 2 N–H and O–H groups in total. The van der Waals surface area contributed by atoms with Crippen LogP contribution in [0.2, 0.25) is 0 Å². The molecule has 0 fully saturated rings. The zero-order valence-corrected chi connectivity index (χ0v) is 19.3. The maximum absolute atomic E-state index is 5.23. The third-order valence-corrected chi connectivity index (χ3v) is 5.29. The molecule has 0 amide bonds. The van der Waals surface area contributed by atoms with E-state index < -0.39 is 0 Å². The van der Waals surface area contributed by atoms with Crippen molar-refractivity contribution in [2.75, 3.05) is 27.3 Å². The van der Waals surface area contributed by atoms with Gasteiger partial charge in [-0.1, -0.05) is 24.3 Å². The van der Waals surface area contributed by atoms with Gasteiger partial charge in [0.15, 0.2) is 11.8 Å². The molecular weight excluding hydrogens is 404 g/mol. The van der Waals surface area contributed by atoms with Gasteiger partial charge in [-0.3, -0.25) is 0 Å². The van der Waals surface area contributed by atoms with Crippen molar-refractivity contribution < 1.29 is 9.47 Å². The number of guanidine groups is 1. The van der Waals surface area contributed by atoms with E-state index in [9.17, 15) is 0 Å². The lowest BCUT2D eigenvalue weighted by atomic mass is 10.1. The molecule has 0 saturated carbocycles. The number of nitrogens with zero attached hydrogens (tertiary/aromatic N) is 4. The molecule has 0 aliphatic heterocycles. The number of methoxy groups -OCH3 is 2. The molecule has 0 radical (unpaired) electrons. The molecule has 1 heterocycles. The highest BCUT2D eigenvalue weighted by Gasteiger charge is 2.06. The summed E-state index contributed by atoms with van der Waals surface area (Å²) in [5, 5.41) is 15.2. The SMILES string of the molecule is COc1ccc(CCNC(=NCc2nnc(C)n2C)NCCc2ccc(OC)cc2)cc1. The second-order valence-corrected chi connectivity index (χ2v) is 7.44. The van der Waals surface area contributed by atoms with Crippen LogP contribution in [0.15, 0.2) is 53.5 Å². The van der Waals surface area contributed by atoms with Crippen LogP contribution >= 0.6 is 0 Å². The number of aryl methyl sites for hydroxylation is 1. The average molecular weight is 437 g/mol. The summed E-state index contributed by atoms with van der Waals surface area (Å²) < 4.78 is 12.4. The van der Waals surface area contributed by atoms with Crippen LogP contribution < -0.4 is 20.1 Å². The summed E-state index contributed by atoms with van der Waals surface area (Å²) in [6, 6.07) is 16.2. The Hall–Kier alpha value is -3.55. The van der Waals surface area contributed by atoms with Crippen LogP contribution in [0.25, 0.3) is 0 Å². The number of hydrogen-bond acceptors (Lipinski definition) is 5. The van der Waals surface area contributed by atoms with E-state index in [-0.39, 0.29) is 0 Å². The Balaban J connectivity index is 1.57. The fourth-order valence-corrected chi connectivity index (χ4v) is 3.15. The fraction of sp³-hybridized carbons (Fsp3) is 0.375. The van der Waals surface area contributed by atoms with Crippen molar-refractivity contribution >= 4 is 5.96 Å². The van der Waals surface area contributed by atoms with Crippen LogP contribution in [0.5, 0.6) is 11.5 Å². The van der Waals surface area contributed by atoms with Gasteiger partial charge in [0.1, 0.15) is 23.9 Å². The zero-order chi connectivity index (χ0) is 22.8. The fourth-order valence-electron chi connectivity index (χ4n) is 3.15. The molecule has 170 valence electrons. The standard InChI is InChI=1S/C24H32N6O2/c1-18-28-29-23(30(18)2)17-27-24(25-15-13-19-5-9-21(31-3)10-6-19)26-16-14-20-7-11-22(32-4)12-8-20/h5-12H,13-17H2,1-4H3,(H2,25,26,27). The third kappa shape index (κ3) is 6.73. The number of benzene rings is 2. The first-order valence-corrected chi connectivity index (χ1v) is 10.7. The molecule has 1 aromatic heterocycles. The number of rotatable bonds is 10. The lowest BCUT2D eigenvalue weighted by Crippen LogP contribution is -2.39. The summed E-state index contributed by atoms with van der Waals surface area (Å²) in [4.78, 5) is 4.72. The molecule has 8 nitrogen and oxygen atoms in total. The van der Waals surface area contributed by atoms with Crippen molar-refractivity contribution in [3.05, 3.63) is 71.3 Å². The van der Waals surface area contributed by atoms with Crippen molar-refractivity contribution in [2.24, 2.45) is 12.0 Å². The maximum atomic E-state index is 5.23. The second kappa shape index (κ2) is 11.7. The van der Waals surface area contributed by atoms with Crippen molar-refractivity contribution in [2.45, 2.75) is 26.3 Å². The van der Waals surface area contributed by atoms with Crippen molar-refractivity contribution in [1.29, 1.82) is 0 Å². The Morgan fingerprint density at radius 1 is 0.844 bits per heavy atom. The molecule has 0 atom stereocenters. The van der Waals surface area contributed by atoms with Crippen LogP contribution in [0.4, 0.5) is 0 Å². The molecule has 2 aromatic carbocycles. The smallest absolute Gasteiger partial charge is 0.191 e. The third-order valence-electron chi connectivity index (χ3n) is 5.29. The lowest BCUT2D eigenvalue weighted by molar-refractivity contribution is 0.414. The predicted octanol–water partition coefficient (Wildman–Crippen LogP) is 2.66. The summed E-state index contributed by atoms with van der Waals surface area (Å²) in [6.07, 6.45) is 1.76. The summed E-state index contributed by atoms with van der Waals surface area (Å²) >= 11 is 0. The van der Waals surface area contributed by atoms with E-state index in [2.05, 4.69) is 45.1 Å². The molecule has 0 saturated heterocycles. The number of ether oxygens (including phenoxy) is 2. The van der Waals surface area contributed by atoms with Gasteiger partial charge in [-0.05, 0) is 55.2 Å². The van der Waals surface area contributed by atoms with Crippen molar-refractivity contribution in [1.82, 2.24) is 25.4 Å². The molecule has 3 aromatic rings. The molecular formula is C24H32N6O2. The van der Waals surface area contributed by atoms with Crippen LogP contribution in [-0.2, 0) is 26.4 Å². The topological polar surface area (TPSA) is 85.6 Å². The van der Waals surface area contributed by atoms with E-state index in [1.807, 2.05) is 42.8 Å². The quantitative estimate of drug-likeness (QED) is 0.375. The van der Waals surface area contributed by atoms with Crippen LogP contribution in [0, 0.1) is 6.92 Å². The number of hydrogen-bond donors (Lipinski definition) is 2. The van der Waals surface area contributed by atoms with E-state index in [4.69, 9.17) is 14.5 Å². The Kier molecular flexibility index (Phi) is 8.48. The monoisotopic (exact) mass is 436 g/mol. The zero-order valence-electron chi connectivity index (χ0n) is 19.3. The number of aromatic nitrogens is 3. The highest BCUT2D eigenvalue weighted by Crippen LogP contribution is 2.12. The van der Waals surface area contributed by atoms with Crippen molar-refractivity contribution in [3.63, 3.8) is 0 Å². The van der Waals surface area contributed by atoms with Gasteiger partial charge >= 0.3 is 0 Å². The van der Waals surface area contributed by atoms with Gasteiger partial charge in [-0.2, -0.15) is 0 Å². The summed E-state index contributed by atoms with van der Waals surface area (Å²) in [7, 11) is 5.30.